The fourth-order valence-corrected chi connectivity index (χ4v) is 1.25. The van der Waals surface area contributed by atoms with Crippen molar-refractivity contribution in [3.05, 3.63) is 29.8 Å². The maximum Gasteiger partial charge on any atom is 0.573 e. The Morgan fingerprint density at radius 1 is 1.26 bits per heavy atom. The topological polar surface area (TPSA) is 75.6 Å². The van der Waals surface area contributed by atoms with E-state index in [1.54, 1.807) is 0 Å². The zero-order valence-electron chi connectivity index (χ0n) is 9.53. The largest absolute Gasteiger partial charge is 0.573 e. The average molecular weight is 277 g/mol. The first-order valence-electron chi connectivity index (χ1n) is 5.14. The number of carbonyl (C=O) groups excluding carboxylic acids is 1. The van der Waals surface area contributed by atoms with Crippen molar-refractivity contribution >= 4 is 11.9 Å². The highest BCUT2D eigenvalue weighted by Gasteiger charge is 2.32. The van der Waals surface area contributed by atoms with E-state index in [9.17, 15) is 22.8 Å². The van der Waals surface area contributed by atoms with Gasteiger partial charge in [-0.25, -0.2) is 0 Å². The minimum Gasteiger partial charge on any atom is -0.481 e. The number of carboxylic acid groups (broad SMARTS) is 1. The predicted octanol–water partition coefficient (Wildman–Crippen LogP) is 1.79. The molecule has 0 saturated carbocycles. The Bertz CT molecular complexity index is 473. The van der Waals surface area contributed by atoms with E-state index in [2.05, 4.69) is 10.1 Å². The van der Waals surface area contributed by atoms with Crippen molar-refractivity contribution in [3.8, 4) is 5.75 Å². The van der Waals surface area contributed by atoms with Crippen LogP contribution in [0.4, 0.5) is 13.2 Å². The van der Waals surface area contributed by atoms with Crippen molar-refractivity contribution < 1.29 is 32.6 Å². The maximum atomic E-state index is 12.1. The molecule has 1 aromatic carbocycles. The first-order chi connectivity index (χ1) is 8.79. The van der Waals surface area contributed by atoms with Crippen LogP contribution < -0.4 is 10.1 Å². The van der Waals surface area contributed by atoms with E-state index in [1.165, 1.54) is 12.1 Å². The molecule has 0 aromatic heterocycles. The molecule has 0 fully saturated rings. The summed E-state index contributed by atoms with van der Waals surface area (Å²) in [7, 11) is 0. The van der Waals surface area contributed by atoms with Gasteiger partial charge < -0.3 is 15.2 Å². The minimum absolute atomic E-state index is 0.186. The number of rotatable bonds is 5. The van der Waals surface area contributed by atoms with Gasteiger partial charge in [-0.1, -0.05) is 12.1 Å². The molecular weight excluding hydrogens is 267 g/mol. The maximum absolute atomic E-state index is 12.1. The summed E-state index contributed by atoms with van der Waals surface area (Å²) in [6, 6.07) is 4.81. The van der Waals surface area contributed by atoms with Gasteiger partial charge in [0.25, 0.3) is 5.91 Å². The zero-order valence-corrected chi connectivity index (χ0v) is 9.53. The fourth-order valence-electron chi connectivity index (χ4n) is 1.25. The van der Waals surface area contributed by atoms with Crippen LogP contribution in [0.15, 0.2) is 24.3 Å². The number of alkyl halides is 3. The Kier molecular flexibility index (Phi) is 4.74. The van der Waals surface area contributed by atoms with E-state index in [1.807, 2.05) is 0 Å². The first kappa shape index (κ1) is 14.8. The second-order valence-corrected chi connectivity index (χ2v) is 3.44. The Balaban J connectivity index is 2.76. The van der Waals surface area contributed by atoms with Crippen molar-refractivity contribution in [2.24, 2.45) is 0 Å². The summed E-state index contributed by atoms with van der Waals surface area (Å²) < 4.78 is 40.0. The summed E-state index contributed by atoms with van der Waals surface area (Å²) in [4.78, 5) is 21.8. The second-order valence-electron chi connectivity index (χ2n) is 3.44. The molecule has 0 bridgehead atoms. The SMILES string of the molecule is O=C(O)CCNC(=O)c1ccccc1OC(F)(F)F. The lowest BCUT2D eigenvalue weighted by Crippen LogP contribution is -2.27. The lowest BCUT2D eigenvalue weighted by molar-refractivity contribution is -0.274. The quantitative estimate of drug-likeness (QED) is 0.860. The Morgan fingerprint density at radius 2 is 1.89 bits per heavy atom. The summed E-state index contributed by atoms with van der Waals surface area (Å²) in [5, 5.41) is 10.6. The van der Waals surface area contributed by atoms with Crippen LogP contribution in [0.25, 0.3) is 0 Å². The molecule has 0 aliphatic carbocycles. The fraction of sp³-hybridized carbons (Fsp3) is 0.273. The van der Waals surface area contributed by atoms with Gasteiger partial charge in [0.1, 0.15) is 5.75 Å². The van der Waals surface area contributed by atoms with Crippen LogP contribution in [-0.4, -0.2) is 29.9 Å². The van der Waals surface area contributed by atoms with Crippen molar-refractivity contribution in [1.82, 2.24) is 5.32 Å². The van der Waals surface area contributed by atoms with E-state index < -0.39 is 24.0 Å². The molecule has 0 aliphatic heterocycles. The summed E-state index contributed by atoms with van der Waals surface area (Å²) in [5.41, 5.74) is -0.315. The molecule has 0 radical (unpaired) electrons. The van der Waals surface area contributed by atoms with E-state index in [4.69, 9.17) is 5.11 Å². The molecule has 0 atom stereocenters. The highest BCUT2D eigenvalue weighted by molar-refractivity contribution is 5.97. The van der Waals surface area contributed by atoms with Gasteiger partial charge in [-0.2, -0.15) is 0 Å². The second kappa shape index (κ2) is 6.07. The van der Waals surface area contributed by atoms with Crippen LogP contribution in [0, 0.1) is 0 Å². The summed E-state index contributed by atoms with van der Waals surface area (Å²) >= 11 is 0. The lowest BCUT2D eigenvalue weighted by Gasteiger charge is -2.12. The molecule has 1 aromatic rings. The molecule has 8 heteroatoms. The Hall–Kier alpha value is -2.25. The van der Waals surface area contributed by atoms with Crippen molar-refractivity contribution in [3.63, 3.8) is 0 Å². The van der Waals surface area contributed by atoms with Gasteiger partial charge in [-0.3, -0.25) is 9.59 Å². The highest BCUT2D eigenvalue weighted by atomic mass is 19.4. The van der Waals surface area contributed by atoms with Crippen molar-refractivity contribution in [2.75, 3.05) is 6.54 Å². The molecule has 5 nitrogen and oxygen atoms in total. The van der Waals surface area contributed by atoms with Crippen LogP contribution in [-0.2, 0) is 4.79 Å². The number of hydrogen-bond acceptors (Lipinski definition) is 3. The minimum atomic E-state index is -4.91. The third-order valence-electron chi connectivity index (χ3n) is 1.98. The number of nitrogens with one attached hydrogen (secondary N) is 1. The van der Waals surface area contributed by atoms with Gasteiger partial charge in [-0.15, -0.1) is 13.2 Å². The van der Waals surface area contributed by atoms with E-state index >= 15 is 0 Å². The highest BCUT2D eigenvalue weighted by Crippen LogP contribution is 2.25. The van der Waals surface area contributed by atoms with E-state index in [0.29, 0.717) is 0 Å². The Labute approximate surface area is 106 Å². The van der Waals surface area contributed by atoms with Crippen molar-refractivity contribution in [2.45, 2.75) is 12.8 Å². The monoisotopic (exact) mass is 277 g/mol. The smallest absolute Gasteiger partial charge is 0.481 e. The van der Waals surface area contributed by atoms with Gasteiger partial charge >= 0.3 is 12.3 Å². The Morgan fingerprint density at radius 3 is 2.47 bits per heavy atom. The third kappa shape index (κ3) is 5.28. The number of aliphatic carboxylic acids is 1. The van der Waals surface area contributed by atoms with Gasteiger partial charge in [0, 0.05) is 6.54 Å². The number of benzene rings is 1. The number of ether oxygens (including phenoxy) is 1. The molecule has 0 spiro atoms. The summed E-state index contributed by atoms with van der Waals surface area (Å²) in [5.74, 6) is -2.59. The molecule has 0 unspecified atom stereocenters. The number of amides is 1. The van der Waals surface area contributed by atoms with Gasteiger partial charge in [0.2, 0.25) is 0 Å². The molecule has 1 rings (SSSR count). The summed E-state index contributed by atoms with van der Waals surface area (Å²) in [6.45, 7) is -0.186. The lowest BCUT2D eigenvalue weighted by atomic mass is 10.2. The van der Waals surface area contributed by atoms with Gasteiger partial charge in [0.05, 0.1) is 12.0 Å². The standard InChI is InChI=1S/C11H10F3NO4/c12-11(13,14)19-8-4-2-1-3-7(8)10(18)15-6-5-9(16)17/h1-4H,5-6H2,(H,15,18)(H,16,17). The molecule has 104 valence electrons. The molecule has 0 saturated heterocycles. The first-order valence-corrected chi connectivity index (χ1v) is 5.14. The van der Waals surface area contributed by atoms with Crippen LogP contribution in [0.1, 0.15) is 16.8 Å². The number of carboxylic acids is 1. The van der Waals surface area contributed by atoms with Gasteiger partial charge in [-0.05, 0) is 12.1 Å². The number of para-hydroxylation sites is 1. The molecular formula is C11H10F3NO4. The zero-order chi connectivity index (χ0) is 14.5. The van der Waals surface area contributed by atoms with Crippen LogP contribution >= 0.6 is 0 Å². The van der Waals surface area contributed by atoms with Crippen LogP contribution in [0.5, 0.6) is 5.75 Å². The van der Waals surface area contributed by atoms with Crippen LogP contribution in [0.3, 0.4) is 0 Å². The molecule has 19 heavy (non-hydrogen) atoms. The molecule has 2 N–H and O–H groups in total. The average Bonchev–Trinajstić information content (AvgIpc) is 2.26. The number of halogens is 3. The van der Waals surface area contributed by atoms with Gasteiger partial charge in [0.15, 0.2) is 0 Å². The third-order valence-corrected chi connectivity index (χ3v) is 1.98. The van der Waals surface area contributed by atoms with E-state index in [-0.39, 0.29) is 18.5 Å². The number of carbonyl (C=O) groups is 2. The van der Waals surface area contributed by atoms with E-state index in [0.717, 1.165) is 12.1 Å². The molecule has 0 aliphatic rings. The van der Waals surface area contributed by atoms with Crippen LogP contribution in [0.2, 0.25) is 0 Å². The number of hydrogen-bond donors (Lipinski definition) is 2. The molecule has 0 heterocycles. The predicted molar refractivity (Wildman–Crippen MR) is 57.7 cm³/mol. The normalized spacial score (nSPS) is 10.9. The van der Waals surface area contributed by atoms with Crippen molar-refractivity contribution in [1.29, 1.82) is 0 Å². The molecule has 1 amide bonds. The summed E-state index contributed by atoms with van der Waals surface area (Å²) in [6.07, 6.45) is -5.23.